The fourth-order valence-electron chi connectivity index (χ4n) is 2.51. The van der Waals surface area contributed by atoms with Gasteiger partial charge in [-0.2, -0.15) is 0 Å². The van der Waals surface area contributed by atoms with Crippen LogP contribution in [0.15, 0.2) is 30.3 Å². The Morgan fingerprint density at radius 2 is 1.83 bits per heavy atom. The fraction of sp³-hybridized carbons (Fsp3) is 0.625. The van der Waals surface area contributed by atoms with Crippen LogP contribution in [0.1, 0.15) is 37.7 Å². The average Bonchev–Trinajstić information content (AvgIpc) is 3.18. The van der Waals surface area contributed by atoms with E-state index in [2.05, 4.69) is 47.9 Å². The second kappa shape index (κ2) is 7.55. The van der Waals surface area contributed by atoms with Gasteiger partial charge in [0, 0.05) is 0 Å². The first kappa shape index (κ1) is 13.6. The zero-order valence-electron chi connectivity index (χ0n) is 11.5. The van der Waals surface area contributed by atoms with Crippen LogP contribution in [0.5, 0.6) is 0 Å². The summed E-state index contributed by atoms with van der Waals surface area (Å²) in [6, 6.07) is 10.9. The Kier molecular flexibility index (Phi) is 5.69. The highest BCUT2D eigenvalue weighted by Gasteiger charge is 2.37. The van der Waals surface area contributed by atoms with E-state index in [-0.39, 0.29) is 0 Å². The summed E-state index contributed by atoms with van der Waals surface area (Å²) in [6.45, 7) is 6.84. The molecule has 0 bridgehead atoms. The van der Waals surface area contributed by atoms with Gasteiger partial charge in [-0.3, -0.25) is 0 Å². The molecule has 2 rings (SSSR count). The molecule has 0 aliphatic heterocycles. The van der Waals surface area contributed by atoms with Crippen molar-refractivity contribution in [3.8, 4) is 0 Å². The van der Waals surface area contributed by atoms with Gasteiger partial charge >= 0.3 is 0 Å². The Hall–Kier alpha value is -0.860. The van der Waals surface area contributed by atoms with E-state index < -0.39 is 0 Å². The van der Waals surface area contributed by atoms with Crippen molar-refractivity contribution in [2.75, 3.05) is 26.2 Å². The highest BCUT2D eigenvalue weighted by molar-refractivity contribution is 5.25. The molecule has 2 unspecified atom stereocenters. The highest BCUT2D eigenvalue weighted by Crippen LogP contribution is 2.46. The summed E-state index contributed by atoms with van der Waals surface area (Å²) >= 11 is 0. The van der Waals surface area contributed by atoms with E-state index in [9.17, 15) is 0 Å². The van der Waals surface area contributed by atoms with E-state index in [0.29, 0.717) is 0 Å². The minimum absolute atomic E-state index is 0.817. The maximum atomic E-state index is 3.58. The lowest BCUT2D eigenvalue weighted by Crippen LogP contribution is -2.24. The van der Waals surface area contributed by atoms with Gasteiger partial charge in [0.25, 0.3) is 0 Å². The van der Waals surface area contributed by atoms with Crippen LogP contribution in [-0.4, -0.2) is 26.2 Å². The van der Waals surface area contributed by atoms with Crippen molar-refractivity contribution in [2.24, 2.45) is 5.92 Å². The summed E-state index contributed by atoms with van der Waals surface area (Å²) in [7, 11) is 0. The molecule has 0 spiro atoms. The van der Waals surface area contributed by atoms with Crippen molar-refractivity contribution in [3.63, 3.8) is 0 Å². The lowest BCUT2D eigenvalue weighted by Gasteiger charge is -2.05. The van der Waals surface area contributed by atoms with Crippen LogP contribution in [0.2, 0.25) is 0 Å². The van der Waals surface area contributed by atoms with Crippen molar-refractivity contribution in [2.45, 2.75) is 32.1 Å². The van der Waals surface area contributed by atoms with Crippen molar-refractivity contribution in [3.05, 3.63) is 35.9 Å². The molecule has 0 heterocycles. The number of benzene rings is 1. The molecule has 1 aromatic rings. The normalized spacial score (nSPS) is 22.1. The van der Waals surface area contributed by atoms with Crippen LogP contribution in [0, 0.1) is 5.92 Å². The van der Waals surface area contributed by atoms with E-state index in [0.717, 1.165) is 31.5 Å². The third-order valence-electron chi connectivity index (χ3n) is 3.69. The van der Waals surface area contributed by atoms with Crippen LogP contribution >= 0.6 is 0 Å². The largest absolute Gasteiger partial charge is 0.317 e. The highest BCUT2D eigenvalue weighted by atomic mass is 14.9. The molecule has 2 nitrogen and oxygen atoms in total. The van der Waals surface area contributed by atoms with E-state index in [1.165, 1.54) is 31.4 Å². The van der Waals surface area contributed by atoms with Gasteiger partial charge in [-0.05, 0) is 62.8 Å². The predicted octanol–water partition coefficient (Wildman–Crippen LogP) is 2.77. The summed E-state index contributed by atoms with van der Waals surface area (Å²) in [5.74, 6) is 1.69. The zero-order valence-corrected chi connectivity index (χ0v) is 11.5. The predicted molar refractivity (Wildman–Crippen MR) is 77.9 cm³/mol. The molecule has 18 heavy (non-hydrogen) atoms. The first-order chi connectivity index (χ1) is 8.92. The van der Waals surface area contributed by atoms with E-state index in [1.807, 2.05) is 0 Å². The molecule has 0 saturated heterocycles. The lowest BCUT2D eigenvalue weighted by molar-refractivity contribution is 0.572. The van der Waals surface area contributed by atoms with Crippen molar-refractivity contribution in [1.82, 2.24) is 10.6 Å². The summed E-state index contributed by atoms with van der Waals surface area (Å²) in [5.41, 5.74) is 1.52. The van der Waals surface area contributed by atoms with Crippen molar-refractivity contribution in [1.29, 1.82) is 0 Å². The minimum Gasteiger partial charge on any atom is -0.317 e. The third-order valence-corrected chi connectivity index (χ3v) is 3.69. The van der Waals surface area contributed by atoms with Crippen LogP contribution in [-0.2, 0) is 0 Å². The molecule has 2 heteroatoms. The summed E-state index contributed by atoms with van der Waals surface area (Å²) in [5, 5.41) is 7.02. The third kappa shape index (κ3) is 4.43. The molecule has 1 saturated carbocycles. The van der Waals surface area contributed by atoms with Crippen LogP contribution < -0.4 is 10.6 Å². The molecule has 0 amide bonds. The summed E-state index contributed by atoms with van der Waals surface area (Å²) < 4.78 is 0. The van der Waals surface area contributed by atoms with Gasteiger partial charge in [-0.1, -0.05) is 37.3 Å². The molecule has 100 valence electrons. The van der Waals surface area contributed by atoms with Crippen molar-refractivity contribution < 1.29 is 0 Å². The molecule has 2 N–H and O–H groups in total. The second-order valence-corrected chi connectivity index (χ2v) is 5.32. The second-order valence-electron chi connectivity index (χ2n) is 5.32. The van der Waals surface area contributed by atoms with Gasteiger partial charge in [0.15, 0.2) is 0 Å². The monoisotopic (exact) mass is 246 g/mol. The molecule has 2 atom stereocenters. The Bertz CT molecular complexity index is 323. The molecule has 0 aromatic heterocycles. The summed E-state index contributed by atoms with van der Waals surface area (Å²) in [6.07, 6.45) is 3.84. The Morgan fingerprint density at radius 1 is 1.06 bits per heavy atom. The maximum Gasteiger partial charge on any atom is -0.00144 e. The zero-order chi connectivity index (χ0) is 12.6. The fourth-order valence-corrected chi connectivity index (χ4v) is 2.51. The van der Waals surface area contributed by atoms with E-state index in [1.54, 1.807) is 0 Å². The minimum atomic E-state index is 0.817. The van der Waals surface area contributed by atoms with Gasteiger partial charge in [0.1, 0.15) is 0 Å². The van der Waals surface area contributed by atoms with Gasteiger partial charge in [0.2, 0.25) is 0 Å². The van der Waals surface area contributed by atoms with Gasteiger partial charge in [0.05, 0.1) is 0 Å². The van der Waals surface area contributed by atoms with E-state index in [4.69, 9.17) is 0 Å². The van der Waals surface area contributed by atoms with Crippen LogP contribution in [0.4, 0.5) is 0 Å². The molecule has 1 aliphatic carbocycles. The topological polar surface area (TPSA) is 24.1 Å². The number of rotatable bonds is 9. The standard InChI is InChI=1S/C16H26N2/c1-2-9-17-10-6-11-18-13-15-12-16(15)14-7-4-3-5-8-14/h3-5,7-8,15-18H,2,6,9-13H2,1H3. The van der Waals surface area contributed by atoms with Gasteiger partial charge in [-0.15, -0.1) is 0 Å². The van der Waals surface area contributed by atoms with Crippen LogP contribution in [0.3, 0.4) is 0 Å². The van der Waals surface area contributed by atoms with Crippen LogP contribution in [0.25, 0.3) is 0 Å². The number of hydrogen-bond acceptors (Lipinski definition) is 2. The quantitative estimate of drug-likeness (QED) is 0.655. The molecule has 1 aliphatic rings. The molecule has 1 fully saturated rings. The number of hydrogen-bond donors (Lipinski definition) is 2. The Balaban J connectivity index is 1.50. The Labute approximate surface area is 111 Å². The number of nitrogens with one attached hydrogen (secondary N) is 2. The maximum absolute atomic E-state index is 3.58. The van der Waals surface area contributed by atoms with E-state index >= 15 is 0 Å². The Morgan fingerprint density at radius 3 is 2.61 bits per heavy atom. The lowest BCUT2D eigenvalue weighted by atomic mass is 10.1. The van der Waals surface area contributed by atoms with Gasteiger partial charge < -0.3 is 10.6 Å². The molecular formula is C16H26N2. The molecule has 1 aromatic carbocycles. The first-order valence-corrected chi connectivity index (χ1v) is 7.38. The average molecular weight is 246 g/mol. The molecular weight excluding hydrogens is 220 g/mol. The summed E-state index contributed by atoms with van der Waals surface area (Å²) in [4.78, 5) is 0. The smallest absolute Gasteiger partial charge is 0.00144 e. The first-order valence-electron chi connectivity index (χ1n) is 7.38. The van der Waals surface area contributed by atoms with Crippen molar-refractivity contribution >= 4 is 0 Å². The van der Waals surface area contributed by atoms with Gasteiger partial charge in [-0.25, -0.2) is 0 Å². The molecule has 0 radical (unpaired) electrons. The SMILES string of the molecule is CCCNCCCNCC1CC1c1ccccc1.